The average molecular weight is 225 g/mol. The SMILES string of the molecule is O=C1C=C([N+](=O)[O-])C(=O)C2=C1[N+](=O)CN2[O-]. The molecule has 82 valence electrons. The Balaban J connectivity index is 2.57. The molecule has 1 heterocycles. The maximum absolute atomic E-state index is 11.4. The molecule has 1 aliphatic heterocycles. The third kappa shape index (κ3) is 1.15. The number of nitroso groups, excluding NO2 is 1. The van der Waals surface area contributed by atoms with E-state index in [1.54, 1.807) is 0 Å². The van der Waals surface area contributed by atoms with Gasteiger partial charge in [0.2, 0.25) is 0 Å². The van der Waals surface area contributed by atoms with Crippen LogP contribution in [0.5, 0.6) is 0 Å². The lowest BCUT2D eigenvalue weighted by molar-refractivity contribution is -0.495. The second kappa shape index (κ2) is 3.03. The fourth-order valence-corrected chi connectivity index (χ4v) is 1.47. The Morgan fingerprint density at radius 2 is 2.06 bits per heavy atom. The average Bonchev–Trinajstić information content (AvgIpc) is 2.48. The molecule has 0 aromatic heterocycles. The molecule has 0 aromatic rings. The van der Waals surface area contributed by atoms with Gasteiger partial charge >= 0.3 is 11.4 Å². The van der Waals surface area contributed by atoms with Gasteiger partial charge in [0.05, 0.1) is 15.8 Å². The van der Waals surface area contributed by atoms with Crippen LogP contribution in [0.4, 0.5) is 0 Å². The van der Waals surface area contributed by atoms with E-state index in [2.05, 4.69) is 0 Å². The Hall–Kier alpha value is -2.42. The molecule has 2 aliphatic rings. The van der Waals surface area contributed by atoms with Crippen LogP contribution >= 0.6 is 0 Å². The molecular formula is C7H3N3O6. The van der Waals surface area contributed by atoms with Crippen LogP contribution in [0.2, 0.25) is 0 Å². The summed E-state index contributed by atoms with van der Waals surface area (Å²) in [5, 5.41) is 21.5. The molecular weight excluding hydrogens is 222 g/mol. The van der Waals surface area contributed by atoms with Gasteiger partial charge in [-0.1, -0.05) is 0 Å². The van der Waals surface area contributed by atoms with E-state index in [4.69, 9.17) is 0 Å². The number of hydrogen-bond acceptors (Lipinski definition) is 7. The highest BCUT2D eigenvalue weighted by Crippen LogP contribution is 2.27. The van der Waals surface area contributed by atoms with Crippen molar-refractivity contribution in [3.63, 3.8) is 0 Å². The number of allylic oxidation sites excluding steroid dienone is 1. The minimum absolute atomic E-state index is 0.0287. The lowest BCUT2D eigenvalue weighted by atomic mass is 10.0. The highest BCUT2D eigenvalue weighted by atomic mass is 16.6. The van der Waals surface area contributed by atoms with Crippen LogP contribution in [0.25, 0.3) is 0 Å². The molecule has 0 saturated carbocycles. The summed E-state index contributed by atoms with van der Waals surface area (Å²) in [4.78, 5) is 43.2. The summed E-state index contributed by atoms with van der Waals surface area (Å²) in [5.74, 6) is -2.22. The Bertz CT molecular complexity index is 516. The zero-order valence-corrected chi connectivity index (χ0v) is 7.58. The van der Waals surface area contributed by atoms with Crippen molar-refractivity contribution in [3.8, 4) is 0 Å². The number of nitrogens with zero attached hydrogens (tertiary/aromatic N) is 3. The minimum Gasteiger partial charge on any atom is -0.753 e. The molecule has 1 aliphatic carbocycles. The van der Waals surface area contributed by atoms with Crippen LogP contribution in [0.3, 0.4) is 0 Å². The maximum atomic E-state index is 11.4. The van der Waals surface area contributed by atoms with Gasteiger partial charge in [-0.3, -0.25) is 19.7 Å². The number of rotatable bonds is 1. The standard InChI is InChI=1S/C7H3N3O6/c11-4-1-3(10(15)16)7(12)6-5(4)8(13)2-9(6)14/h1H,2H2. The second-order valence-electron chi connectivity index (χ2n) is 3.08. The van der Waals surface area contributed by atoms with Crippen LogP contribution in [0, 0.1) is 20.2 Å². The molecule has 2 rings (SSSR count). The summed E-state index contributed by atoms with van der Waals surface area (Å²) in [6.45, 7) is -0.735. The van der Waals surface area contributed by atoms with E-state index < -0.39 is 40.2 Å². The van der Waals surface area contributed by atoms with Crippen molar-refractivity contribution in [2.45, 2.75) is 0 Å². The van der Waals surface area contributed by atoms with Gasteiger partial charge in [0, 0.05) is 4.91 Å². The van der Waals surface area contributed by atoms with Crippen LogP contribution in [0.1, 0.15) is 0 Å². The van der Waals surface area contributed by atoms with Crippen LogP contribution in [-0.4, -0.2) is 33.0 Å². The van der Waals surface area contributed by atoms with Crippen LogP contribution in [0.15, 0.2) is 23.2 Å². The molecule has 0 amide bonds. The third-order valence-corrected chi connectivity index (χ3v) is 2.13. The minimum atomic E-state index is -1.21. The number of Topliss-reactive ketones (excluding diaryl/α,β-unsaturated/α-hetero) is 1. The zero-order chi connectivity index (χ0) is 12.0. The number of ketones is 2. The smallest absolute Gasteiger partial charge is 0.332 e. The number of hydroxylamine groups is 2. The molecule has 16 heavy (non-hydrogen) atoms. The molecule has 0 spiro atoms. The second-order valence-corrected chi connectivity index (χ2v) is 3.08. The Morgan fingerprint density at radius 1 is 1.44 bits per heavy atom. The highest BCUT2D eigenvalue weighted by Gasteiger charge is 2.48. The van der Waals surface area contributed by atoms with Crippen molar-refractivity contribution in [3.05, 3.63) is 43.4 Å². The summed E-state index contributed by atoms with van der Waals surface area (Å²) in [5.41, 5.74) is -2.39. The molecule has 0 saturated heterocycles. The largest absolute Gasteiger partial charge is 0.753 e. The molecule has 0 atom stereocenters. The van der Waals surface area contributed by atoms with Gasteiger partial charge in [0.25, 0.3) is 18.2 Å². The van der Waals surface area contributed by atoms with Gasteiger partial charge in [0.1, 0.15) is 0 Å². The molecule has 0 bridgehead atoms. The Kier molecular flexibility index (Phi) is 1.92. The lowest BCUT2D eigenvalue weighted by Crippen LogP contribution is -2.27. The molecule has 0 aromatic carbocycles. The third-order valence-electron chi connectivity index (χ3n) is 2.13. The van der Waals surface area contributed by atoms with E-state index in [1.165, 1.54) is 0 Å². The molecule has 9 heteroatoms. The molecule has 0 N–H and O–H groups in total. The summed E-state index contributed by atoms with van der Waals surface area (Å²) < 4.78 is 0.0375. The summed E-state index contributed by atoms with van der Waals surface area (Å²) in [6.07, 6.45) is 0.450. The Morgan fingerprint density at radius 3 is 2.62 bits per heavy atom. The number of nitro groups is 1. The predicted octanol–water partition coefficient (Wildman–Crippen LogP) is -0.940. The summed E-state index contributed by atoms with van der Waals surface area (Å²) in [7, 11) is 0. The van der Waals surface area contributed by atoms with Crippen molar-refractivity contribution >= 4 is 11.6 Å². The van der Waals surface area contributed by atoms with E-state index in [0.29, 0.717) is 6.08 Å². The fourth-order valence-electron chi connectivity index (χ4n) is 1.47. The van der Waals surface area contributed by atoms with Crippen molar-refractivity contribution in [1.82, 2.24) is 5.06 Å². The predicted molar refractivity (Wildman–Crippen MR) is 45.8 cm³/mol. The van der Waals surface area contributed by atoms with Gasteiger partial charge in [-0.05, 0) is 0 Å². The van der Waals surface area contributed by atoms with E-state index in [9.17, 15) is 29.8 Å². The quantitative estimate of drug-likeness (QED) is 0.244. The zero-order valence-electron chi connectivity index (χ0n) is 7.58. The van der Waals surface area contributed by atoms with Crippen molar-refractivity contribution in [2.24, 2.45) is 0 Å². The first-order valence-corrected chi connectivity index (χ1v) is 4.02. The van der Waals surface area contributed by atoms with Gasteiger partial charge in [-0.25, -0.2) is 0 Å². The molecule has 0 fully saturated rings. The highest BCUT2D eigenvalue weighted by molar-refractivity contribution is 6.20. The van der Waals surface area contributed by atoms with Gasteiger partial charge in [-0.15, -0.1) is 0 Å². The van der Waals surface area contributed by atoms with E-state index in [0.717, 1.165) is 0 Å². The Labute approximate surface area is 86.9 Å². The van der Waals surface area contributed by atoms with Gasteiger partial charge in [-0.2, -0.15) is 0 Å². The van der Waals surface area contributed by atoms with Crippen molar-refractivity contribution < 1.29 is 19.3 Å². The summed E-state index contributed by atoms with van der Waals surface area (Å²) in [6, 6.07) is 0. The van der Waals surface area contributed by atoms with Gasteiger partial charge < -0.3 is 10.3 Å². The first kappa shape index (κ1) is 10.1. The van der Waals surface area contributed by atoms with E-state index in [1.807, 2.05) is 0 Å². The lowest BCUT2D eigenvalue weighted by Gasteiger charge is -2.20. The van der Waals surface area contributed by atoms with Crippen LogP contribution < -0.4 is 0 Å². The topological polar surface area (TPSA) is 124 Å². The molecule has 9 nitrogen and oxygen atoms in total. The molecule has 0 unspecified atom stereocenters. The van der Waals surface area contributed by atoms with Gasteiger partial charge in [0.15, 0.2) is 5.70 Å². The number of carbonyl (C=O) groups is 2. The van der Waals surface area contributed by atoms with Crippen molar-refractivity contribution in [2.75, 3.05) is 6.67 Å². The fraction of sp³-hybridized carbons (Fsp3) is 0.143. The monoisotopic (exact) mass is 225 g/mol. The van der Waals surface area contributed by atoms with Crippen molar-refractivity contribution in [1.29, 1.82) is 0 Å². The van der Waals surface area contributed by atoms with E-state index in [-0.39, 0.29) is 9.82 Å². The normalized spacial score (nSPS) is 20.2. The van der Waals surface area contributed by atoms with E-state index >= 15 is 0 Å². The summed E-state index contributed by atoms with van der Waals surface area (Å²) >= 11 is 0. The molecule has 0 radical (unpaired) electrons. The first-order valence-electron chi connectivity index (χ1n) is 4.02. The maximum Gasteiger partial charge on any atom is 0.332 e. The number of hydrogen-bond donors (Lipinski definition) is 0. The number of carbonyl (C=O) groups excluding carboxylic acids is 2. The van der Waals surface area contributed by atoms with Crippen LogP contribution in [-0.2, 0) is 9.59 Å². The first-order chi connectivity index (χ1) is 7.43.